The summed E-state index contributed by atoms with van der Waals surface area (Å²) in [6.45, 7) is 2.70. The number of rotatable bonds is 7. The maximum absolute atomic E-state index is 13.6. The summed E-state index contributed by atoms with van der Waals surface area (Å²) in [6.07, 6.45) is 3.03. The fourth-order valence-corrected chi connectivity index (χ4v) is 7.67. The van der Waals surface area contributed by atoms with Crippen LogP contribution in [0.4, 0.5) is 10.5 Å². The highest BCUT2D eigenvalue weighted by atomic mass is 32.2. The molecule has 210 valence electrons. The average molecular weight is 563 g/mol. The van der Waals surface area contributed by atoms with Crippen molar-refractivity contribution in [2.75, 3.05) is 18.0 Å². The van der Waals surface area contributed by atoms with E-state index in [2.05, 4.69) is 21.3 Å². The second-order valence-corrected chi connectivity index (χ2v) is 11.9. The first-order valence-corrected chi connectivity index (χ1v) is 14.7. The number of carbonyl (C=O) groups is 3. The number of thioether (sulfide) groups is 1. The summed E-state index contributed by atoms with van der Waals surface area (Å²) < 4.78 is 5.99. The summed E-state index contributed by atoms with van der Waals surface area (Å²) in [5.74, 6) is 1.08. The molecule has 4 aliphatic rings. The number of amides is 4. The molecule has 10 nitrogen and oxygen atoms in total. The van der Waals surface area contributed by atoms with E-state index >= 15 is 0 Å². The molecule has 2 aromatic carbocycles. The highest BCUT2D eigenvalue weighted by Gasteiger charge is 2.52. The van der Waals surface area contributed by atoms with Crippen molar-refractivity contribution in [3.63, 3.8) is 0 Å². The summed E-state index contributed by atoms with van der Waals surface area (Å²) >= 11 is 1.49. The van der Waals surface area contributed by atoms with E-state index in [0.29, 0.717) is 22.8 Å². The molecular weight excluding hydrogens is 528 g/mol. The van der Waals surface area contributed by atoms with Crippen LogP contribution < -0.4 is 36.6 Å². The van der Waals surface area contributed by atoms with Crippen molar-refractivity contribution in [3.8, 4) is 11.5 Å². The maximum Gasteiger partial charge on any atom is 0.326 e. The second kappa shape index (κ2) is 11.1. The van der Waals surface area contributed by atoms with Crippen LogP contribution in [-0.4, -0.2) is 54.4 Å². The van der Waals surface area contributed by atoms with Crippen molar-refractivity contribution in [2.45, 2.75) is 56.1 Å². The molecule has 6 rings (SSSR count). The summed E-state index contributed by atoms with van der Waals surface area (Å²) in [5, 5.41) is 12.7. The fourth-order valence-electron chi connectivity index (χ4n) is 6.27. The molecule has 3 aliphatic heterocycles. The molecule has 40 heavy (non-hydrogen) atoms. The molecule has 3 fully saturated rings. The van der Waals surface area contributed by atoms with Crippen LogP contribution in [0.1, 0.15) is 31.2 Å². The van der Waals surface area contributed by atoms with Crippen molar-refractivity contribution < 1.29 is 19.1 Å². The van der Waals surface area contributed by atoms with Crippen LogP contribution in [-0.2, 0) is 9.59 Å². The molecular formula is C29H34N6O4S. The first-order valence-electron chi connectivity index (χ1n) is 13.8. The van der Waals surface area contributed by atoms with Gasteiger partial charge >= 0.3 is 6.03 Å². The quantitative estimate of drug-likeness (QED) is 0.350. The summed E-state index contributed by atoms with van der Waals surface area (Å²) in [6, 6.07) is 15.1. The van der Waals surface area contributed by atoms with Gasteiger partial charge in [-0.15, -0.1) is 0 Å². The van der Waals surface area contributed by atoms with Gasteiger partial charge in [0.15, 0.2) is 0 Å². The number of nitrogens with zero attached hydrogens (tertiary/aromatic N) is 1. The topological polar surface area (TPSA) is 138 Å². The largest absolute Gasteiger partial charge is 0.457 e. The predicted molar refractivity (Wildman–Crippen MR) is 154 cm³/mol. The molecule has 0 radical (unpaired) electrons. The van der Waals surface area contributed by atoms with Gasteiger partial charge in [0.1, 0.15) is 11.5 Å². The molecule has 0 bridgehead atoms. The van der Waals surface area contributed by atoms with Gasteiger partial charge in [-0.3, -0.25) is 14.5 Å². The number of piperidine rings is 1. The Kier molecular flexibility index (Phi) is 7.43. The second-order valence-electron chi connectivity index (χ2n) is 10.7. The fraction of sp³-hybridized carbons (Fsp3) is 0.414. The van der Waals surface area contributed by atoms with Gasteiger partial charge in [-0.25, -0.2) is 4.79 Å². The molecule has 1 saturated carbocycles. The number of carbonyl (C=O) groups excluding carboxylic acids is 3. The third-order valence-corrected chi connectivity index (χ3v) is 9.43. The zero-order valence-electron chi connectivity index (χ0n) is 22.3. The maximum atomic E-state index is 13.6. The number of hydrogen-bond donors (Lipinski definition) is 5. The standard InChI is InChI=1S/C29H34N6O4S/c1-16-13-20(39-19-5-3-2-4-6-19)9-10-21(16)35-22-11-12-31-28-24(22)25(34-29(35)38)26(40-28)27(37)33-18-8-7-17(14-18)32-23(36)15-30/h2-6,9-10,13,17-18,22,24,28,31H,7-8,11-12,14-15,30H2,1H3,(H,32,36)(H,33,37)(H,34,38)/t17-,18+,22?,24?,28?/m1/s1. The van der Waals surface area contributed by atoms with Gasteiger partial charge in [0.2, 0.25) is 5.91 Å². The number of ether oxygens (including phenoxy) is 1. The Morgan fingerprint density at radius 2 is 1.85 bits per heavy atom. The first-order chi connectivity index (χ1) is 19.4. The Morgan fingerprint density at radius 1 is 1.07 bits per heavy atom. The van der Waals surface area contributed by atoms with E-state index in [4.69, 9.17) is 10.5 Å². The Morgan fingerprint density at radius 3 is 2.60 bits per heavy atom. The molecule has 0 spiro atoms. The molecule has 5 atom stereocenters. The predicted octanol–water partition coefficient (Wildman–Crippen LogP) is 2.69. The minimum Gasteiger partial charge on any atom is -0.457 e. The van der Waals surface area contributed by atoms with Crippen LogP contribution in [0.3, 0.4) is 0 Å². The lowest BCUT2D eigenvalue weighted by Crippen LogP contribution is -2.62. The van der Waals surface area contributed by atoms with E-state index in [9.17, 15) is 14.4 Å². The van der Waals surface area contributed by atoms with E-state index in [-0.39, 0.29) is 53.8 Å². The van der Waals surface area contributed by atoms with Gasteiger partial charge in [-0.2, -0.15) is 0 Å². The number of urea groups is 1. The summed E-state index contributed by atoms with van der Waals surface area (Å²) in [5.41, 5.74) is 7.89. The molecule has 6 N–H and O–H groups in total. The number of aryl methyl sites for hydroxylation is 1. The van der Waals surface area contributed by atoms with E-state index in [1.165, 1.54) is 11.8 Å². The Labute approximate surface area is 237 Å². The number of anilines is 1. The number of hydrogen-bond acceptors (Lipinski definition) is 7. The molecule has 4 amide bonds. The van der Waals surface area contributed by atoms with Crippen LogP contribution in [0, 0.1) is 12.8 Å². The van der Waals surface area contributed by atoms with Crippen LogP contribution >= 0.6 is 11.8 Å². The molecule has 3 heterocycles. The van der Waals surface area contributed by atoms with Gasteiger partial charge in [0.25, 0.3) is 5.91 Å². The Hall–Kier alpha value is -3.54. The number of nitrogens with two attached hydrogens (primary N) is 1. The van der Waals surface area contributed by atoms with E-state index in [1.807, 2.05) is 60.4 Å². The van der Waals surface area contributed by atoms with Crippen LogP contribution in [0.2, 0.25) is 0 Å². The van der Waals surface area contributed by atoms with Crippen molar-refractivity contribution in [1.82, 2.24) is 21.3 Å². The first kappa shape index (κ1) is 26.7. The summed E-state index contributed by atoms with van der Waals surface area (Å²) in [7, 11) is 0. The molecule has 1 aliphatic carbocycles. The van der Waals surface area contributed by atoms with E-state index in [0.717, 1.165) is 42.8 Å². The van der Waals surface area contributed by atoms with Crippen LogP contribution in [0.15, 0.2) is 59.1 Å². The number of para-hydroxylation sites is 1. The Balaban J connectivity index is 1.19. The van der Waals surface area contributed by atoms with Gasteiger partial charge in [0.05, 0.1) is 22.9 Å². The van der Waals surface area contributed by atoms with Gasteiger partial charge in [-0.1, -0.05) is 30.0 Å². The third kappa shape index (κ3) is 5.16. The van der Waals surface area contributed by atoms with Gasteiger partial charge in [-0.05, 0) is 75.0 Å². The lowest BCUT2D eigenvalue weighted by Gasteiger charge is -2.46. The highest BCUT2D eigenvalue weighted by Crippen LogP contribution is 2.48. The minimum atomic E-state index is -0.227. The zero-order chi connectivity index (χ0) is 27.8. The molecule has 0 aromatic heterocycles. The third-order valence-electron chi connectivity index (χ3n) is 8.07. The van der Waals surface area contributed by atoms with Crippen molar-refractivity contribution in [1.29, 1.82) is 0 Å². The monoisotopic (exact) mass is 562 g/mol. The van der Waals surface area contributed by atoms with Crippen molar-refractivity contribution in [2.24, 2.45) is 11.7 Å². The zero-order valence-corrected chi connectivity index (χ0v) is 23.1. The molecule has 2 aromatic rings. The van der Waals surface area contributed by atoms with Crippen LogP contribution in [0.25, 0.3) is 0 Å². The lowest BCUT2D eigenvalue weighted by molar-refractivity contribution is -0.120. The molecule has 2 saturated heterocycles. The lowest BCUT2D eigenvalue weighted by atomic mass is 9.86. The highest BCUT2D eigenvalue weighted by molar-refractivity contribution is 8.04. The SMILES string of the molecule is Cc1cc(Oc2ccccc2)ccc1N1C(=O)NC2=C(C(=O)N[C@H]3CC[C@@H](NC(=O)CN)C3)SC3NCCC1C23. The normalized spacial score (nSPS) is 27.2. The van der Waals surface area contributed by atoms with Gasteiger partial charge in [0, 0.05) is 29.4 Å². The Bertz CT molecular complexity index is 1350. The van der Waals surface area contributed by atoms with Crippen LogP contribution in [0.5, 0.6) is 11.5 Å². The van der Waals surface area contributed by atoms with E-state index in [1.54, 1.807) is 0 Å². The average Bonchev–Trinajstić information content (AvgIpc) is 3.55. The van der Waals surface area contributed by atoms with Crippen molar-refractivity contribution in [3.05, 3.63) is 64.7 Å². The number of benzene rings is 2. The van der Waals surface area contributed by atoms with Crippen molar-refractivity contribution >= 4 is 35.3 Å². The number of nitrogens with one attached hydrogen (secondary N) is 4. The molecule has 11 heteroatoms. The van der Waals surface area contributed by atoms with Gasteiger partial charge < -0.3 is 31.7 Å². The minimum absolute atomic E-state index is 0.00115. The van der Waals surface area contributed by atoms with E-state index < -0.39 is 0 Å². The molecule has 3 unspecified atom stereocenters. The smallest absolute Gasteiger partial charge is 0.326 e. The summed E-state index contributed by atoms with van der Waals surface area (Å²) in [4.78, 5) is 41.1.